The molecule has 2 fully saturated rings. The van der Waals surface area contributed by atoms with E-state index >= 15 is 0 Å². The van der Waals surface area contributed by atoms with Gasteiger partial charge in [0.2, 0.25) is 0 Å². The van der Waals surface area contributed by atoms with E-state index in [4.69, 9.17) is 5.11 Å². The molecule has 2 bridgehead atoms. The van der Waals surface area contributed by atoms with Crippen LogP contribution in [0.2, 0.25) is 0 Å². The predicted octanol–water partition coefficient (Wildman–Crippen LogP) is 2.55. The second kappa shape index (κ2) is 5.31. The monoisotopic (exact) mass is 289 g/mol. The number of carboxylic acids is 1. The van der Waals surface area contributed by atoms with Gasteiger partial charge in [-0.2, -0.15) is 0 Å². The zero-order chi connectivity index (χ0) is 15.0. The van der Waals surface area contributed by atoms with Crippen LogP contribution >= 0.6 is 0 Å². The minimum absolute atomic E-state index is 0.0232. The van der Waals surface area contributed by atoms with Gasteiger partial charge < -0.3 is 10.0 Å². The lowest BCUT2D eigenvalue weighted by Crippen LogP contribution is -2.38. The molecule has 1 N–H and O–H groups in total. The van der Waals surface area contributed by atoms with Gasteiger partial charge in [-0.25, -0.2) is 9.18 Å². The molecule has 4 nitrogen and oxygen atoms in total. The van der Waals surface area contributed by atoms with Gasteiger partial charge in [-0.3, -0.25) is 4.79 Å². The molecule has 3 rings (SSSR count). The van der Waals surface area contributed by atoms with Gasteiger partial charge >= 0.3 is 5.97 Å². The summed E-state index contributed by atoms with van der Waals surface area (Å²) in [5.41, 5.74) is 0.529. The first kappa shape index (κ1) is 13.8. The highest BCUT2D eigenvalue weighted by molar-refractivity contribution is 5.96. The number of hydrogen-bond donors (Lipinski definition) is 1. The van der Waals surface area contributed by atoms with Crippen LogP contribution in [-0.2, 0) is 4.79 Å². The summed E-state index contributed by atoms with van der Waals surface area (Å²) in [6.07, 6.45) is 5.49. The molecule has 1 amide bonds. The molecule has 1 saturated heterocycles. The van der Waals surface area contributed by atoms with Crippen molar-refractivity contribution >= 4 is 18.0 Å². The number of amides is 1. The lowest BCUT2D eigenvalue weighted by Gasteiger charge is -2.27. The number of piperidine rings is 1. The van der Waals surface area contributed by atoms with E-state index in [-0.39, 0.29) is 17.5 Å². The number of rotatable bonds is 3. The van der Waals surface area contributed by atoms with Gasteiger partial charge in [0.05, 0.1) is 5.56 Å². The van der Waals surface area contributed by atoms with E-state index in [0.29, 0.717) is 18.0 Å². The van der Waals surface area contributed by atoms with Crippen LogP contribution in [0.15, 0.2) is 24.3 Å². The van der Waals surface area contributed by atoms with Crippen molar-refractivity contribution in [3.05, 3.63) is 41.2 Å². The molecule has 1 aliphatic heterocycles. The van der Waals surface area contributed by atoms with Crippen molar-refractivity contribution < 1.29 is 19.1 Å². The number of nitrogens with zero attached hydrogens (tertiary/aromatic N) is 1. The van der Waals surface area contributed by atoms with Crippen molar-refractivity contribution in [2.24, 2.45) is 5.92 Å². The predicted molar refractivity (Wildman–Crippen MR) is 75.2 cm³/mol. The third-order valence-electron chi connectivity index (χ3n) is 4.31. The number of fused-ring (bicyclic) bond motifs is 2. The second-order valence-corrected chi connectivity index (χ2v) is 5.70. The number of halogens is 1. The van der Waals surface area contributed by atoms with E-state index < -0.39 is 11.8 Å². The summed E-state index contributed by atoms with van der Waals surface area (Å²) in [5, 5.41) is 8.62. The average molecular weight is 289 g/mol. The Hall–Kier alpha value is -2.17. The van der Waals surface area contributed by atoms with Crippen LogP contribution in [0.4, 0.5) is 4.39 Å². The normalized spacial score (nSPS) is 24.0. The zero-order valence-electron chi connectivity index (χ0n) is 11.5. The number of aliphatic carboxylic acids is 1. The topological polar surface area (TPSA) is 57.6 Å². The Bertz CT molecular complexity index is 626. The third-order valence-corrected chi connectivity index (χ3v) is 4.31. The minimum atomic E-state index is -1.08. The Morgan fingerprint density at radius 2 is 2.14 bits per heavy atom. The fourth-order valence-electron chi connectivity index (χ4n) is 3.31. The molecule has 1 aromatic rings. The number of carboxylic acid groups (broad SMARTS) is 1. The minimum Gasteiger partial charge on any atom is -0.478 e. The summed E-state index contributed by atoms with van der Waals surface area (Å²) in [7, 11) is 0. The van der Waals surface area contributed by atoms with Crippen molar-refractivity contribution in [1.29, 1.82) is 0 Å². The van der Waals surface area contributed by atoms with E-state index in [1.165, 1.54) is 24.3 Å². The first-order valence-corrected chi connectivity index (χ1v) is 7.06. The van der Waals surface area contributed by atoms with Gasteiger partial charge in [0.1, 0.15) is 5.82 Å². The third kappa shape index (κ3) is 2.68. The van der Waals surface area contributed by atoms with Gasteiger partial charge in [0, 0.05) is 18.7 Å². The van der Waals surface area contributed by atoms with Crippen LogP contribution in [-0.4, -0.2) is 34.5 Å². The Morgan fingerprint density at radius 1 is 1.33 bits per heavy atom. The zero-order valence-corrected chi connectivity index (χ0v) is 11.5. The van der Waals surface area contributed by atoms with Crippen LogP contribution in [0.3, 0.4) is 0 Å². The first-order chi connectivity index (χ1) is 10.0. The molecular weight excluding hydrogens is 273 g/mol. The van der Waals surface area contributed by atoms with Crippen molar-refractivity contribution in [2.75, 3.05) is 6.54 Å². The highest BCUT2D eigenvalue weighted by Crippen LogP contribution is 2.38. The van der Waals surface area contributed by atoms with E-state index in [1.54, 1.807) is 4.90 Å². The molecular formula is C16H16FNO3. The van der Waals surface area contributed by atoms with E-state index in [9.17, 15) is 14.0 Å². The summed E-state index contributed by atoms with van der Waals surface area (Å²) in [6.45, 7) is 0.706. The van der Waals surface area contributed by atoms with Gasteiger partial charge in [-0.15, -0.1) is 0 Å². The fraction of sp³-hybridized carbons (Fsp3) is 0.375. The molecule has 5 heteroatoms. The van der Waals surface area contributed by atoms with Crippen LogP contribution in [0, 0.1) is 11.7 Å². The molecule has 1 aromatic carbocycles. The first-order valence-electron chi connectivity index (χ1n) is 7.06. The van der Waals surface area contributed by atoms with Gasteiger partial charge in [-0.05, 0) is 49.0 Å². The average Bonchev–Trinajstić information content (AvgIpc) is 3.08. The maximum Gasteiger partial charge on any atom is 0.328 e. The molecule has 1 saturated carbocycles. The Kier molecular flexibility index (Phi) is 3.49. The maximum atomic E-state index is 13.9. The standard InChI is InChI=1S/C16H16FNO3/c17-14-5-2-10(3-6-15(19)20)8-13(14)16(21)18-9-11-1-4-12(18)7-11/h2-3,5-6,8,11-12H,1,4,7,9H2,(H,19,20). The van der Waals surface area contributed by atoms with Crippen LogP contribution in [0.5, 0.6) is 0 Å². The van der Waals surface area contributed by atoms with E-state index in [1.807, 2.05) is 0 Å². The Balaban J connectivity index is 1.85. The lowest BCUT2D eigenvalue weighted by atomic mass is 10.1. The largest absolute Gasteiger partial charge is 0.478 e. The second-order valence-electron chi connectivity index (χ2n) is 5.70. The molecule has 21 heavy (non-hydrogen) atoms. The summed E-state index contributed by atoms with van der Waals surface area (Å²) >= 11 is 0. The SMILES string of the molecule is O=C(O)C=Cc1ccc(F)c(C(=O)N2CC3CCC2C3)c1. The Labute approximate surface area is 121 Å². The van der Waals surface area contributed by atoms with Gasteiger partial charge in [0.25, 0.3) is 5.91 Å². The van der Waals surface area contributed by atoms with E-state index in [0.717, 1.165) is 25.3 Å². The molecule has 1 aliphatic carbocycles. The number of hydrogen-bond acceptors (Lipinski definition) is 2. The lowest BCUT2D eigenvalue weighted by molar-refractivity contribution is -0.131. The smallest absolute Gasteiger partial charge is 0.328 e. The summed E-state index contributed by atoms with van der Waals surface area (Å²) in [5.74, 6) is -1.37. The highest BCUT2D eigenvalue weighted by atomic mass is 19.1. The molecule has 1 heterocycles. The van der Waals surface area contributed by atoms with Crippen LogP contribution < -0.4 is 0 Å². The fourth-order valence-corrected chi connectivity index (χ4v) is 3.31. The van der Waals surface area contributed by atoms with Crippen LogP contribution in [0.25, 0.3) is 6.08 Å². The van der Waals surface area contributed by atoms with Gasteiger partial charge in [-0.1, -0.05) is 6.07 Å². The van der Waals surface area contributed by atoms with Crippen molar-refractivity contribution in [3.8, 4) is 0 Å². The molecule has 0 spiro atoms. The quantitative estimate of drug-likeness (QED) is 0.870. The molecule has 110 valence electrons. The van der Waals surface area contributed by atoms with Crippen molar-refractivity contribution in [1.82, 2.24) is 4.90 Å². The van der Waals surface area contributed by atoms with Crippen molar-refractivity contribution in [3.63, 3.8) is 0 Å². The number of likely N-dealkylation sites (tertiary alicyclic amines) is 1. The van der Waals surface area contributed by atoms with Crippen LogP contribution in [0.1, 0.15) is 35.2 Å². The summed E-state index contributed by atoms with van der Waals surface area (Å²) < 4.78 is 13.9. The number of carbonyl (C=O) groups excluding carboxylic acids is 1. The number of benzene rings is 1. The van der Waals surface area contributed by atoms with Gasteiger partial charge in [0.15, 0.2) is 0 Å². The molecule has 2 unspecified atom stereocenters. The molecule has 0 radical (unpaired) electrons. The summed E-state index contributed by atoms with van der Waals surface area (Å²) in [4.78, 5) is 24.8. The molecule has 0 aromatic heterocycles. The summed E-state index contributed by atoms with van der Waals surface area (Å²) in [6, 6.07) is 4.33. The molecule has 2 atom stereocenters. The Morgan fingerprint density at radius 3 is 2.76 bits per heavy atom. The molecule has 2 aliphatic rings. The maximum absolute atomic E-state index is 13.9. The van der Waals surface area contributed by atoms with Crippen molar-refractivity contribution in [2.45, 2.75) is 25.3 Å². The highest BCUT2D eigenvalue weighted by Gasteiger charge is 2.40. The number of carbonyl (C=O) groups is 2. The van der Waals surface area contributed by atoms with E-state index in [2.05, 4.69) is 0 Å².